The molecule has 5 aromatic heterocycles. The average molecular weight is 537 g/mol. The average Bonchev–Trinajstić information content (AvgIpc) is 3.62. The summed E-state index contributed by atoms with van der Waals surface area (Å²) in [7, 11) is 0. The Morgan fingerprint density at radius 1 is 0.950 bits per heavy atom. The molecule has 2 aliphatic rings. The van der Waals surface area contributed by atoms with Gasteiger partial charge in [-0.15, -0.1) is 0 Å². The Bertz CT molecular complexity index is 1660. The second kappa shape index (κ2) is 10.6. The van der Waals surface area contributed by atoms with Crippen molar-refractivity contribution in [3.63, 3.8) is 0 Å². The zero-order valence-corrected chi connectivity index (χ0v) is 22.3. The molecule has 40 heavy (non-hydrogen) atoms. The van der Waals surface area contributed by atoms with Crippen molar-refractivity contribution in [2.45, 2.75) is 38.5 Å². The molecule has 2 saturated heterocycles. The van der Waals surface area contributed by atoms with Gasteiger partial charge in [0.25, 0.3) is 0 Å². The lowest BCUT2D eigenvalue weighted by Crippen LogP contribution is -2.30. The molecule has 0 aromatic carbocycles. The number of amides is 1. The first-order valence-electron chi connectivity index (χ1n) is 14.1. The van der Waals surface area contributed by atoms with E-state index in [-0.39, 0.29) is 5.91 Å². The van der Waals surface area contributed by atoms with Crippen molar-refractivity contribution >= 4 is 39.3 Å². The Morgan fingerprint density at radius 3 is 2.67 bits per heavy atom. The van der Waals surface area contributed by atoms with Gasteiger partial charge in [-0.05, 0) is 69.3 Å². The van der Waals surface area contributed by atoms with Crippen LogP contribution in [0.4, 0.5) is 11.4 Å². The van der Waals surface area contributed by atoms with Crippen molar-refractivity contribution in [2.24, 2.45) is 5.92 Å². The molecule has 11 nitrogen and oxygen atoms in total. The lowest BCUT2D eigenvalue weighted by Gasteiger charge is -2.28. The van der Waals surface area contributed by atoms with E-state index in [1.807, 2.05) is 30.6 Å². The molecule has 0 radical (unpaired) electrons. The van der Waals surface area contributed by atoms with Crippen molar-refractivity contribution in [3.8, 4) is 22.8 Å². The molecule has 4 N–H and O–H groups in total. The molecule has 0 aliphatic carbocycles. The number of fused-ring (bicyclic) bond motifs is 2. The summed E-state index contributed by atoms with van der Waals surface area (Å²) in [6.07, 6.45) is 13.4. The molecule has 5 aromatic rings. The second-order valence-corrected chi connectivity index (χ2v) is 10.8. The number of anilines is 2. The largest absolute Gasteiger partial charge is 0.368 e. The Hall–Kier alpha value is -4.38. The van der Waals surface area contributed by atoms with Crippen LogP contribution < -0.4 is 15.5 Å². The van der Waals surface area contributed by atoms with Gasteiger partial charge in [-0.2, -0.15) is 5.10 Å². The van der Waals surface area contributed by atoms with Crippen LogP contribution in [-0.2, 0) is 4.79 Å². The quantitative estimate of drug-likeness (QED) is 0.252. The van der Waals surface area contributed by atoms with Gasteiger partial charge in [0.05, 0.1) is 46.7 Å². The molecular weight excluding hydrogens is 504 g/mol. The number of pyridine rings is 3. The molecule has 2 aliphatic heterocycles. The first-order valence-corrected chi connectivity index (χ1v) is 14.1. The smallest absolute Gasteiger partial charge is 0.224 e. The summed E-state index contributed by atoms with van der Waals surface area (Å²) in [6, 6.07) is 5.80. The molecule has 11 heteroatoms. The van der Waals surface area contributed by atoms with E-state index in [1.54, 1.807) is 12.4 Å². The van der Waals surface area contributed by atoms with E-state index < -0.39 is 0 Å². The summed E-state index contributed by atoms with van der Waals surface area (Å²) >= 11 is 0. The van der Waals surface area contributed by atoms with Gasteiger partial charge in [-0.25, -0.2) is 9.97 Å². The third-order valence-corrected chi connectivity index (χ3v) is 7.95. The highest BCUT2D eigenvalue weighted by atomic mass is 16.1. The van der Waals surface area contributed by atoms with Gasteiger partial charge in [0.15, 0.2) is 11.5 Å². The number of carbonyl (C=O) groups is 1. The number of aromatic nitrogens is 7. The van der Waals surface area contributed by atoms with E-state index in [4.69, 9.17) is 9.97 Å². The summed E-state index contributed by atoms with van der Waals surface area (Å²) in [6.45, 7) is 3.99. The number of hydrogen-bond donors (Lipinski definition) is 4. The molecule has 0 atom stereocenters. The van der Waals surface area contributed by atoms with Crippen LogP contribution in [-0.4, -0.2) is 67.2 Å². The first kappa shape index (κ1) is 24.6. The van der Waals surface area contributed by atoms with Crippen molar-refractivity contribution < 1.29 is 4.79 Å². The third-order valence-electron chi connectivity index (χ3n) is 7.95. The molecule has 0 saturated carbocycles. The van der Waals surface area contributed by atoms with Gasteiger partial charge in [0.1, 0.15) is 11.0 Å². The lowest BCUT2D eigenvalue weighted by molar-refractivity contribution is -0.117. The van der Waals surface area contributed by atoms with Crippen LogP contribution in [0, 0.1) is 5.92 Å². The maximum Gasteiger partial charge on any atom is 0.224 e. The van der Waals surface area contributed by atoms with Crippen molar-refractivity contribution in [3.05, 3.63) is 43.0 Å². The van der Waals surface area contributed by atoms with E-state index in [9.17, 15) is 4.79 Å². The fourth-order valence-electron chi connectivity index (χ4n) is 5.83. The van der Waals surface area contributed by atoms with E-state index in [1.165, 1.54) is 19.3 Å². The topological polar surface area (TPSA) is 140 Å². The minimum atomic E-state index is 0.0229. The predicted molar refractivity (Wildman–Crippen MR) is 155 cm³/mol. The van der Waals surface area contributed by atoms with Gasteiger partial charge in [0.2, 0.25) is 5.91 Å². The Balaban J connectivity index is 1.17. The summed E-state index contributed by atoms with van der Waals surface area (Å²) in [5.41, 5.74) is 7.23. The highest BCUT2D eigenvalue weighted by Crippen LogP contribution is 2.32. The number of nitrogens with one attached hydrogen (secondary N) is 4. The van der Waals surface area contributed by atoms with E-state index in [0.717, 1.165) is 72.5 Å². The molecule has 7 rings (SSSR count). The van der Waals surface area contributed by atoms with E-state index in [0.29, 0.717) is 35.1 Å². The summed E-state index contributed by atoms with van der Waals surface area (Å²) in [5.74, 6) is 1.09. The molecule has 0 bridgehead atoms. The van der Waals surface area contributed by atoms with Crippen LogP contribution >= 0.6 is 0 Å². The zero-order chi connectivity index (χ0) is 26.9. The summed E-state index contributed by atoms with van der Waals surface area (Å²) < 4.78 is 0. The molecule has 2 fully saturated rings. The van der Waals surface area contributed by atoms with Gasteiger partial charge < -0.3 is 20.5 Å². The first-order chi connectivity index (χ1) is 19.7. The summed E-state index contributed by atoms with van der Waals surface area (Å²) in [5, 5.41) is 14.0. The monoisotopic (exact) mass is 536 g/mol. The molecule has 1 amide bonds. The van der Waals surface area contributed by atoms with Gasteiger partial charge >= 0.3 is 0 Å². The minimum absolute atomic E-state index is 0.0229. The number of aromatic amines is 2. The molecule has 7 heterocycles. The maximum absolute atomic E-state index is 12.7. The normalized spacial score (nSPS) is 16.6. The van der Waals surface area contributed by atoms with Crippen LogP contribution in [0.3, 0.4) is 0 Å². The number of piperidine rings is 2. The second-order valence-electron chi connectivity index (χ2n) is 10.8. The number of H-pyrrole nitrogens is 2. The van der Waals surface area contributed by atoms with Crippen molar-refractivity contribution in [2.75, 3.05) is 36.4 Å². The SMILES string of the molecule is O=C(CC1CCNCC1)Nc1cncc(-c2ccc3[nH]nc(-c4nc5c(N6CCCCC6)cncc5[nH]4)c3n2)c1. The van der Waals surface area contributed by atoms with E-state index >= 15 is 0 Å². The Kier molecular flexibility index (Phi) is 6.56. The lowest BCUT2D eigenvalue weighted by atomic mass is 9.94. The van der Waals surface area contributed by atoms with Crippen LogP contribution in [0.2, 0.25) is 0 Å². The highest BCUT2D eigenvalue weighted by molar-refractivity contribution is 5.95. The molecule has 0 unspecified atom stereocenters. The van der Waals surface area contributed by atoms with Gasteiger partial charge in [0, 0.05) is 31.3 Å². The third kappa shape index (κ3) is 4.88. The van der Waals surface area contributed by atoms with Crippen molar-refractivity contribution in [1.29, 1.82) is 0 Å². The number of imidazole rings is 1. The number of carbonyl (C=O) groups excluding carboxylic acids is 1. The number of rotatable bonds is 6. The standard InChI is InChI=1S/C29H32N10O/c40-25(12-18-6-8-30-9-7-18)33-20-13-19(14-31-15-20)21-4-5-22-27(34-21)28(38-37-22)29-35-23-16-32-17-24(26(23)36-29)39-10-2-1-3-11-39/h4-5,13-18,30H,1-3,6-12H2,(H,33,40)(H,35,36)(H,37,38). The fourth-order valence-corrected chi connectivity index (χ4v) is 5.83. The fraction of sp³-hybridized carbons (Fsp3) is 0.379. The van der Waals surface area contributed by atoms with E-state index in [2.05, 4.69) is 40.7 Å². The zero-order valence-electron chi connectivity index (χ0n) is 22.3. The summed E-state index contributed by atoms with van der Waals surface area (Å²) in [4.78, 5) is 37.2. The van der Waals surface area contributed by atoms with Gasteiger partial charge in [-0.1, -0.05) is 0 Å². The van der Waals surface area contributed by atoms with Crippen LogP contribution in [0.1, 0.15) is 38.5 Å². The molecule has 0 spiro atoms. The molecule has 204 valence electrons. The van der Waals surface area contributed by atoms with Crippen LogP contribution in [0.5, 0.6) is 0 Å². The van der Waals surface area contributed by atoms with Crippen molar-refractivity contribution in [1.82, 2.24) is 40.4 Å². The minimum Gasteiger partial charge on any atom is -0.368 e. The molecular formula is C29H32N10O. The van der Waals surface area contributed by atoms with Crippen LogP contribution in [0.15, 0.2) is 43.0 Å². The number of nitrogens with zero attached hydrogens (tertiary/aromatic N) is 6. The Labute approximate surface area is 231 Å². The highest BCUT2D eigenvalue weighted by Gasteiger charge is 2.20. The number of hydrogen-bond acceptors (Lipinski definition) is 8. The Morgan fingerprint density at radius 2 is 1.80 bits per heavy atom. The van der Waals surface area contributed by atoms with Crippen LogP contribution in [0.25, 0.3) is 44.8 Å². The predicted octanol–water partition coefficient (Wildman–Crippen LogP) is 4.28. The maximum atomic E-state index is 12.7. The van der Waals surface area contributed by atoms with Gasteiger partial charge in [-0.3, -0.25) is 19.9 Å².